The molecule has 0 atom stereocenters. The summed E-state index contributed by atoms with van der Waals surface area (Å²) in [5.41, 5.74) is 4.75. The zero-order valence-corrected chi connectivity index (χ0v) is 17.4. The second-order valence-corrected chi connectivity index (χ2v) is 8.20. The van der Waals surface area contributed by atoms with E-state index in [9.17, 15) is 4.79 Å². The summed E-state index contributed by atoms with van der Waals surface area (Å²) in [7, 11) is 1.64. The average Bonchev–Trinajstić information content (AvgIpc) is 3.48. The fourth-order valence-corrected chi connectivity index (χ4v) is 4.51. The Hall–Kier alpha value is -3.38. The van der Waals surface area contributed by atoms with Crippen molar-refractivity contribution >= 4 is 17.2 Å². The Morgan fingerprint density at radius 3 is 2.57 bits per heavy atom. The summed E-state index contributed by atoms with van der Waals surface area (Å²) in [6, 6.07) is 21.9. The molecule has 1 aliphatic heterocycles. The molecule has 1 aliphatic rings. The minimum Gasteiger partial charge on any atom is -0.497 e. The second-order valence-electron chi connectivity index (χ2n) is 7.25. The fourth-order valence-electron chi connectivity index (χ4n) is 3.83. The first-order valence-corrected chi connectivity index (χ1v) is 10.8. The standard InChI is InChI=1S/C24H21N3O2S/c1-29-20-10-8-19(9-11-20)27-22(15-21(25-27)23-7-4-14-30-23)24(28)26-13-12-17-5-2-3-6-18(17)16-26/h2-11,14-15H,12-13,16H2,1H3. The number of nitrogens with zero attached hydrogens (tertiary/aromatic N) is 3. The third-order valence-electron chi connectivity index (χ3n) is 5.44. The van der Waals surface area contributed by atoms with Gasteiger partial charge in [-0.2, -0.15) is 5.10 Å². The van der Waals surface area contributed by atoms with Crippen molar-refractivity contribution < 1.29 is 9.53 Å². The zero-order valence-electron chi connectivity index (χ0n) is 16.6. The fraction of sp³-hybridized carbons (Fsp3) is 0.167. The Morgan fingerprint density at radius 1 is 1.03 bits per heavy atom. The third kappa shape index (κ3) is 3.39. The molecule has 5 nitrogen and oxygen atoms in total. The van der Waals surface area contributed by atoms with E-state index in [2.05, 4.69) is 18.2 Å². The number of aromatic nitrogens is 2. The van der Waals surface area contributed by atoms with E-state index in [0.29, 0.717) is 18.8 Å². The molecule has 30 heavy (non-hydrogen) atoms. The Bertz CT molecular complexity index is 1180. The van der Waals surface area contributed by atoms with Gasteiger partial charge in [-0.3, -0.25) is 4.79 Å². The lowest BCUT2D eigenvalue weighted by Crippen LogP contribution is -2.37. The van der Waals surface area contributed by atoms with Crippen molar-refractivity contribution in [2.45, 2.75) is 13.0 Å². The van der Waals surface area contributed by atoms with Gasteiger partial charge in [0.1, 0.15) is 17.1 Å². The number of hydrogen-bond acceptors (Lipinski definition) is 4. The summed E-state index contributed by atoms with van der Waals surface area (Å²) in [6.07, 6.45) is 0.871. The average molecular weight is 416 g/mol. The van der Waals surface area contributed by atoms with Crippen molar-refractivity contribution in [2.75, 3.05) is 13.7 Å². The Balaban J connectivity index is 1.53. The van der Waals surface area contributed by atoms with Crippen molar-refractivity contribution in [3.63, 3.8) is 0 Å². The predicted octanol–water partition coefficient (Wildman–Crippen LogP) is 4.81. The molecular formula is C24H21N3O2S. The van der Waals surface area contributed by atoms with E-state index in [1.807, 2.05) is 58.8 Å². The largest absolute Gasteiger partial charge is 0.497 e. The number of rotatable bonds is 4. The number of hydrogen-bond donors (Lipinski definition) is 0. The highest BCUT2D eigenvalue weighted by Crippen LogP contribution is 2.28. The molecule has 5 rings (SSSR count). The van der Waals surface area contributed by atoms with Crippen molar-refractivity contribution in [3.8, 4) is 22.0 Å². The van der Waals surface area contributed by atoms with Crippen LogP contribution in [0.25, 0.3) is 16.3 Å². The molecule has 0 aliphatic carbocycles. The summed E-state index contributed by atoms with van der Waals surface area (Å²) in [6.45, 7) is 1.33. The lowest BCUT2D eigenvalue weighted by atomic mass is 10.00. The van der Waals surface area contributed by atoms with Crippen molar-refractivity contribution in [1.29, 1.82) is 0 Å². The summed E-state index contributed by atoms with van der Waals surface area (Å²) in [4.78, 5) is 16.5. The molecular weight excluding hydrogens is 394 g/mol. The summed E-state index contributed by atoms with van der Waals surface area (Å²) in [5.74, 6) is 0.764. The van der Waals surface area contributed by atoms with E-state index >= 15 is 0 Å². The topological polar surface area (TPSA) is 47.4 Å². The molecule has 6 heteroatoms. The molecule has 3 heterocycles. The number of thiophene rings is 1. The maximum absolute atomic E-state index is 13.6. The number of ether oxygens (including phenoxy) is 1. The van der Waals surface area contributed by atoms with Crippen LogP contribution in [0.1, 0.15) is 21.6 Å². The third-order valence-corrected chi connectivity index (χ3v) is 6.33. The molecule has 0 saturated carbocycles. The number of carbonyl (C=O) groups is 1. The van der Waals surface area contributed by atoms with Gasteiger partial charge in [0.25, 0.3) is 5.91 Å². The maximum Gasteiger partial charge on any atom is 0.272 e. The van der Waals surface area contributed by atoms with E-state index in [-0.39, 0.29) is 5.91 Å². The highest BCUT2D eigenvalue weighted by molar-refractivity contribution is 7.13. The summed E-state index contributed by atoms with van der Waals surface area (Å²) < 4.78 is 7.02. The molecule has 0 unspecified atom stereocenters. The van der Waals surface area contributed by atoms with Crippen molar-refractivity contribution in [3.05, 3.63) is 88.9 Å². The molecule has 2 aromatic carbocycles. The number of carbonyl (C=O) groups excluding carboxylic acids is 1. The van der Waals surface area contributed by atoms with E-state index < -0.39 is 0 Å². The monoisotopic (exact) mass is 415 g/mol. The molecule has 0 spiro atoms. The number of fused-ring (bicyclic) bond motifs is 1. The van der Waals surface area contributed by atoms with Crippen LogP contribution in [0.2, 0.25) is 0 Å². The SMILES string of the molecule is COc1ccc(-n2nc(-c3cccs3)cc2C(=O)N2CCc3ccccc3C2)cc1. The Labute approximate surface area is 179 Å². The van der Waals surface area contributed by atoms with Gasteiger partial charge in [0.2, 0.25) is 0 Å². The van der Waals surface area contributed by atoms with Gasteiger partial charge in [-0.1, -0.05) is 30.3 Å². The lowest BCUT2D eigenvalue weighted by molar-refractivity contribution is 0.0725. The number of benzene rings is 2. The van der Waals surface area contributed by atoms with Crippen LogP contribution in [-0.2, 0) is 13.0 Å². The van der Waals surface area contributed by atoms with Crippen LogP contribution < -0.4 is 4.74 Å². The maximum atomic E-state index is 13.6. The van der Waals surface area contributed by atoms with Crippen LogP contribution in [0.3, 0.4) is 0 Å². The van der Waals surface area contributed by atoms with Crippen LogP contribution in [0.4, 0.5) is 0 Å². The second kappa shape index (κ2) is 7.80. The molecule has 0 saturated heterocycles. The van der Waals surface area contributed by atoms with Crippen LogP contribution in [0.5, 0.6) is 5.75 Å². The quantitative estimate of drug-likeness (QED) is 0.481. The minimum absolute atomic E-state index is 0.00405. The van der Waals surface area contributed by atoms with Gasteiger partial charge in [-0.05, 0) is 59.3 Å². The lowest BCUT2D eigenvalue weighted by Gasteiger charge is -2.29. The molecule has 0 N–H and O–H groups in total. The molecule has 4 aromatic rings. The molecule has 1 amide bonds. The molecule has 2 aromatic heterocycles. The molecule has 150 valence electrons. The first kappa shape index (κ1) is 18.6. The first-order chi connectivity index (χ1) is 14.7. The van der Waals surface area contributed by atoms with Crippen LogP contribution >= 0.6 is 11.3 Å². The molecule has 0 fully saturated rings. The van der Waals surface area contributed by atoms with Crippen LogP contribution in [0.15, 0.2) is 72.1 Å². The van der Waals surface area contributed by atoms with E-state index in [0.717, 1.165) is 28.4 Å². The smallest absolute Gasteiger partial charge is 0.272 e. The molecule has 0 radical (unpaired) electrons. The normalized spacial score (nSPS) is 13.2. The highest BCUT2D eigenvalue weighted by Gasteiger charge is 2.26. The zero-order chi connectivity index (χ0) is 20.5. The van der Waals surface area contributed by atoms with Crippen molar-refractivity contribution in [2.24, 2.45) is 0 Å². The highest BCUT2D eigenvalue weighted by atomic mass is 32.1. The Morgan fingerprint density at radius 2 is 1.83 bits per heavy atom. The minimum atomic E-state index is -0.00405. The Kier molecular flexibility index (Phi) is 4.85. The van der Waals surface area contributed by atoms with Gasteiger partial charge in [0.05, 0.1) is 17.7 Å². The predicted molar refractivity (Wildman–Crippen MR) is 118 cm³/mol. The van der Waals surface area contributed by atoms with Crippen LogP contribution in [0, 0.1) is 0 Å². The van der Waals surface area contributed by atoms with Gasteiger partial charge in [0, 0.05) is 13.1 Å². The van der Waals surface area contributed by atoms with Gasteiger partial charge >= 0.3 is 0 Å². The van der Waals surface area contributed by atoms with Crippen LogP contribution in [-0.4, -0.2) is 34.2 Å². The first-order valence-electron chi connectivity index (χ1n) is 9.87. The van der Waals surface area contributed by atoms with Gasteiger partial charge < -0.3 is 9.64 Å². The van der Waals surface area contributed by atoms with E-state index in [1.54, 1.807) is 23.1 Å². The summed E-state index contributed by atoms with van der Waals surface area (Å²) >= 11 is 1.62. The molecule has 0 bridgehead atoms. The van der Waals surface area contributed by atoms with E-state index in [4.69, 9.17) is 9.84 Å². The van der Waals surface area contributed by atoms with Gasteiger partial charge in [-0.25, -0.2) is 4.68 Å². The number of amides is 1. The number of methoxy groups -OCH3 is 1. The van der Waals surface area contributed by atoms with E-state index in [1.165, 1.54) is 11.1 Å². The van der Waals surface area contributed by atoms with Gasteiger partial charge in [-0.15, -0.1) is 11.3 Å². The van der Waals surface area contributed by atoms with Gasteiger partial charge in [0.15, 0.2) is 0 Å². The van der Waals surface area contributed by atoms with Crippen molar-refractivity contribution in [1.82, 2.24) is 14.7 Å². The summed E-state index contributed by atoms with van der Waals surface area (Å²) in [5, 5.41) is 6.80.